The summed E-state index contributed by atoms with van der Waals surface area (Å²) in [5.74, 6) is 1.13. The SMILES string of the molecule is COc1ccc(C(C)Nc2ncc[nH]c2=O)cc1. The zero-order valence-corrected chi connectivity index (χ0v) is 10.3. The van der Waals surface area contributed by atoms with E-state index in [4.69, 9.17) is 4.74 Å². The third kappa shape index (κ3) is 2.68. The highest BCUT2D eigenvalue weighted by molar-refractivity contribution is 5.37. The summed E-state index contributed by atoms with van der Waals surface area (Å²) in [6, 6.07) is 7.67. The molecule has 0 aliphatic rings. The summed E-state index contributed by atoms with van der Waals surface area (Å²) in [6.07, 6.45) is 3.05. The molecule has 5 heteroatoms. The molecule has 1 heterocycles. The average Bonchev–Trinajstić information content (AvgIpc) is 2.41. The van der Waals surface area contributed by atoms with Gasteiger partial charge in [-0.05, 0) is 24.6 Å². The van der Waals surface area contributed by atoms with Crippen molar-refractivity contribution in [1.29, 1.82) is 0 Å². The lowest BCUT2D eigenvalue weighted by molar-refractivity contribution is 0.414. The molecule has 0 aliphatic carbocycles. The van der Waals surface area contributed by atoms with E-state index in [-0.39, 0.29) is 11.6 Å². The topological polar surface area (TPSA) is 67.0 Å². The Morgan fingerprint density at radius 3 is 2.67 bits per heavy atom. The fourth-order valence-electron chi connectivity index (χ4n) is 1.64. The summed E-state index contributed by atoms with van der Waals surface area (Å²) in [7, 11) is 1.63. The maximum Gasteiger partial charge on any atom is 0.290 e. The van der Waals surface area contributed by atoms with Gasteiger partial charge in [0.1, 0.15) is 5.75 Å². The highest BCUT2D eigenvalue weighted by atomic mass is 16.5. The van der Waals surface area contributed by atoms with Crippen LogP contribution in [0.1, 0.15) is 18.5 Å². The van der Waals surface area contributed by atoms with E-state index in [9.17, 15) is 4.79 Å². The monoisotopic (exact) mass is 245 g/mol. The van der Waals surface area contributed by atoms with E-state index in [2.05, 4.69) is 15.3 Å². The summed E-state index contributed by atoms with van der Waals surface area (Å²) in [5.41, 5.74) is 0.832. The molecule has 0 aliphatic heterocycles. The molecule has 18 heavy (non-hydrogen) atoms. The molecule has 1 unspecified atom stereocenters. The van der Waals surface area contributed by atoms with Gasteiger partial charge < -0.3 is 15.0 Å². The van der Waals surface area contributed by atoms with Gasteiger partial charge in [0.05, 0.1) is 13.2 Å². The number of rotatable bonds is 4. The number of benzene rings is 1. The summed E-state index contributed by atoms with van der Waals surface area (Å²) < 4.78 is 5.10. The maximum atomic E-state index is 11.5. The normalized spacial score (nSPS) is 11.9. The highest BCUT2D eigenvalue weighted by Crippen LogP contribution is 2.19. The van der Waals surface area contributed by atoms with E-state index in [0.717, 1.165) is 11.3 Å². The zero-order valence-electron chi connectivity index (χ0n) is 10.3. The van der Waals surface area contributed by atoms with Crippen molar-refractivity contribution in [1.82, 2.24) is 9.97 Å². The maximum absolute atomic E-state index is 11.5. The van der Waals surface area contributed by atoms with Crippen LogP contribution in [0.2, 0.25) is 0 Å². The molecule has 1 atom stereocenters. The third-order valence-electron chi connectivity index (χ3n) is 2.68. The number of nitrogens with zero attached hydrogens (tertiary/aromatic N) is 1. The summed E-state index contributed by atoms with van der Waals surface area (Å²) >= 11 is 0. The van der Waals surface area contributed by atoms with Crippen molar-refractivity contribution >= 4 is 5.82 Å². The quantitative estimate of drug-likeness (QED) is 0.864. The van der Waals surface area contributed by atoms with Crippen molar-refractivity contribution in [3.05, 3.63) is 52.6 Å². The Kier molecular flexibility index (Phi) is 3.62. The number of hydrogen-bond acceptors (Lipinski definition) is 4. The lowest BCUT2D eigenvalue weighted by atomic mass is 10.1. The largest absolute Gasteiger partial charge is 0.497 e. The minimum absolute atomic E-state index is 0.00749. The number of ether oxygens (including phenoxy) is 1. The average molecular weight is 245 g/mol. The Bertz CT molecular complexity index is 563. The van der Waals surface area contributed by atoms with Gasteiger partial charge in [0.15, 0.2) is 5.82 Å². The fraction of sp³-hybridized carbons (Fsp3) is 0.231. The van der Waals surface area contributed by atoms with E-state index in [1.54, 1.807) is 13.3 Å². The predicted octanol–water partition coefficient (Wildman–Crippen LogP) is 1.95. The van der Waals surface area contributed by atoms with Crippen LogP contribution in [0.3, 0.4) is 0 Å². The molecule has 0 saturated heterocycles. The predicted molar refractivity (Wildman–Crippen MR) is 69.9 cm³/mol. The molecule has 0 spiro atoms. The Balaban J connectivity index is 2.14. The molecule has 2 N–H and O–H groups in total. The molecule has 0 saturated carbocycles. The first-order valence-electron chi connectivity index (χ1n) is 5.65. The third-order valence-corrected chi connectivity index (χ3v) is 2.68. The second-order valence-electron chi connectivity index (χ2n) is 3.91. The minimum atomic E-state index is -0.224. The van der Waals surface area contributed by atoms with Gasteiger partial charge in [-0.1, -0.05) is 12.1 Å². The number of H-pyrrole nitrogens is 1. The van der Waals surface area contributed by atoms with E-state index in [1.807, 2.05) is 31.2 Å². The molecule has 2 rings (SSSR count). The van der Waals surface area contributed by atoms with Gasteiger partial charge in [0.25, 0.3) is 5.56 Å². The molecule has 0 fully saturated rings. The molecule has 2 aromatic rings. The van der Waals surface area contributed by atoms with Crippen molar-refractivity contribution in [2.24, 2.45) is 0 Å². The lowest BCUT2D eigenvalue weighted by Crippen LogP contribution is -2.17. The number of nitrogens with one attached hydrogen (secondary N) is 2. The molecule has 5 nitrogen and oxygen atoms in total. The van der Waals surface area contributed by atoms with Crippen LogP contribution in [-0.2, 0) is 0 Å². The zero-order chi connectivity index (χ0) is 13.0. The minimum Gasteiger partial charge on any atom is -0.497 e. The summed E-state index contributed by atoms with van der Waals surface area (Å²) in [4.78, 5) is 18.1. The van der Waals surface area contributed by atoms with Crippen molar-refractivity contribution in [2.45, 2.75) is 13.0 Å². The molecule has 94 valence electrons. The van der Waals surface area contributed by atoms with Crippen LogP contribution in [0.5, 0.6) is 5.75 Å². The first-order valence-corrected chi connectivity index (χ1v) is 5.65. The summed E-state index contributed by atoms with van der Waals surface area (Å²) in [5, 5.41) is 3.07. The van der Waals surface area contributed by atoms with Gasteiger partial charge in [-0.25, -0.2) is 4.98 Å². The van der Waals surface area contributed by atoms with Crippen LogP contribution in [0, 0.1) is 0 Å². The fourth-order valence-corrected chi connectivity index (χ4v) is 1.64. The van der Waals surface area contributed by atoms with E-state index < -0.39 is 0 Å². The van der Waals surface area contributed by atoms with Gasteiger partial charge in [-0.15, -0.1) is 0 Å². The van der Waals surface area contributed by atoms with Crippen molar-refractivity contribution in [3.63, 3.8) is 0 Å². The smallest absolute Gasteiger partial charge is 0.290 e. The summed E-state index contributed by atoms with van der Waals surface area (Å²) in [6.45, 7) is 1.97. The van der Waals surface area contributed by atoms with Crippen LogP contribution < -0.4 is 15.6 Å². The first-order chi connectivity index (χ1) is 8.70. The first kappa shape index (κ1) is 12.2. The van der Waals surface area contributed by atoms with Crippen LogP contribution in [0.4, 0.5) is 5.82 Å². The van der Waals surface area contributed by atoms with Crippen molar-refractivity contribution in [2.75, 3.05) is 12.4 Å². The Hall–Kier alpha value is -2.30. The van der Waals surface area contributed by atoms with Crippen molar-refractivity contribution in [3.8, 4) is 5.75 Å². The lowest BCUT2D eigenvalue weighted by Gasteiger charge is -2.14. The second-order valence-corrected chi connectivity index (χ2v) is 3.91. The molecular formula is C13H15N3O2. The van der Waals surface area contributed by atoms with Crippen LogP contribution in [-0.4, -0.2) is 17.1 Å². The number of aromatic amines is 1. The number of aromatic nitrogens is 2. The van der Waals surface area contributed by atoms with E-state index >= 15 is 0 Å². The molecule has 1 aromatic carbocycles. The highest BCUT2D eigenvalue weighted by Gasteiger charge is 2.08. The van der Waals surface area contributed by atoms with Gasteiger partial charge in [-0.2, -0.15) is 0 Å². The van der Waals surface area contributed by atoms with E-state index in [0.29, 0.717) is 5.82 Å². The molecular weight excluding hydrogens is 230 g/mol. The number of anilines is 1. The van der Waals surface area contributed by atoms with Crippen molar-refractivity contribution < 1.29 is 4.74 Å². The molecule has 0 amide bonds. The molecule has 1 aromatic heterocycles. The van der Waals surface area contributed by atoms with Crippen LogP contribution >= 0.6 is 0 Å². The Labute approximate surface area is 105 Å². The second kappa shape index (κ2) is 5.35. The van der Waals surface area contributed by atoms with Gasteiger partial charge in [-0.3, -0.25) is 4.79 Å². The number of methoxy groups -OCH3 is 1. The molecule has 0 radical (unpaired) electrons. The Morgan fingerprint density at radius 1 is 1.33 bits per heavy atom. The van der Waals surface area contributed by atoms with E-state index in [1.165, 1.54) is 6.20 Å². The van der Waals surface area contributed by atoms with Gasteiger partial charge >= 0.3 is 0 Å². The van der Waals surface area contributed by atoms with Crippen LogP contribution in [0.15, 0.2) is 41.5 Å². The van der Waals surface area contributed by atoms with Gasteiger partial charge in [0, 0.05) is 12.4 Å². The number of hydrogen-bond donors (Lipinski definition) is 2. The molecule has 0 bridgehead atoms. The van der Waals surface area contributed by atoms with Crippen LogP contribution in [0.25, 0.3) is 0 Å². The van der Waals surface area contributed by atoms with Gasteiger partial charge in [0.2, 0.25) is 0 Å². The standard InChI is InChI=1S/C13H15N3O2/c1-9(10-3-5-11(18-2)6-4-10)16-12-13(17)15-8-7-14-12/h3-9H,1-2H3,(H,14,16)(H,15,17). The Morgan fingerprint density at radius 2 is 2.06 bits per heavy atom.